The molecule has 1 atom stereocenters. The average Bonchev–Trinajstić information content (AvgIpc) is 2.70. The van der Waals surface area contributed by atoms with Gasteiger partial charge in [-0.05, 0) is 45.6 Å². The quantitative estimate of drug-likeness (QED) is 0.913. The fraction of sp³-hybridized carbons (Fsp3) is 0.500. The van der Waals surface area contributed by atoms with Crippen LogP contribution in [0.3, 0.4) is 0 Å². The van der Waals surface area contributed by atoms with Crippen LogP contribution in [-0.2, 0) is 4.79 Å². The van der Waals surface area contributed by atoms with Crippen molar-refractivity contribution in [2.24, 2.45) is 0 Å². The van der Waals surface area contributed by atoms with Crippen molar-refractivity contribution in [2.75, 3.05) is 5.32 Å². The van der Waals surface area contributed by atoms with E-state index in [9.17, 15) is 4.79 Å². The lowest BCUT2D eigenvalue weighted by molar-refractivity contribution is -0.122. The summed E-state index contributed by atoms with van der Waals surface area (Å²) in [5.41, 5.74) is 1.83. The second-order valence-electron chi connectivity index (χ2n) is 5.92. The molecule has 2 heterocycles. The van der Waals surface area contributed by atoms with E-state index in [1.165, 1.54) is 6.33 Å². The number of nitrogens with one attached hydrogen (secondary N) is 2. The van der Waals surface area contributed by atoms with E-state index in [-0.39, 0.29) is 17.5 Å². The van der Waals surface area contributed by atoms with Crippen LogP contribution in [0.1, 0.15) is 33.3 Å². The third-order valence-electron chi connectivity index (χ3n) is 2.78. The molecule has 6 heteroatoms. The number of thiophene rings is 1. The zero-order chi connectivity index (χ0) is 14.9. The van der Waals surface area contributed by atoms with Gasteiger partial charge >= 0.3 is 0 Å². The lowest BCUT2D eigenvalue weighted by Crippen LogP contribution is -2.47. The molecule has 0 saturated heterocycles. The van der Waals surface area contributed by atoms with Crippen molar-refractivity contribution >= 4 is 33.3 Å². The number of aromatic nitrogens is 2. The first-order chi connectivity index (χ1) is 9.28. The maximum Gasteiger partial charge on any atom is 0.242 e. The number of aryl methyl sites for hydroxylation is 1. The molecule has 2 rings (SSSR count). The molecule has 0 saturated carbocycles. The highest BCUT2D eigenvalue weighted by molar-refractivity contribution is 7.18. The normalized spacial score (nSPS) is 13.2. The molecule has 1 unspecified atom stereocenters. The number of rotatable bonds is 3. The van der Waals surface area contributed by atoms with Gasteiger partial charge in [-0.3, -0.25) is 4.79 Å². The molecule has 0 fully saturated rings. The highest BCUT2D eigenvalue weighted by Crippen LogP contribution is 2.28. The summed E-state index contributed by atoms with van der Waals surface area (Å²) >= 11 is 1.59. The Hall–Kier alpha value is -1.69. The van der Waals surface area contributed by atoms with Crippen molar-refractivity contribution in [2.45, 2.75) is 46.2 Å². The maximum absolute atomic E-state index is 12.1. The molecule has 2 aromatic heterocycles. The van der Waals surface area contributed by atoms with Gasteiger partial charge in [0.1, 0.15) is 18.2 Å². The van der Waals surface area contributed by atoms with Crippen molar-refractivity contribution in [1.29, 1.82) is 0 Å². The third-order valence-corrected chi connectivity index (χ3v) is 3.87. The van der Waals surface area contributed by atoms with Gasteiger partial charge in [0.15, 0.2) is 0 Å². The Morgan fingerprint density at radius 3 is 2.70 bits per heavy atom. The first kappa shape index (κ1) is 14.7. The minimum absolute atomic E-state index is 0.0439. The highest BCUT2D eigenvalue weighted by Gasteiger charge is 2.20. The molecular formula is C14H20N4OS. The lowest BCUT2D eigenvalue weighted by atomic mass is 10.1. The maximum atomic E-state index is 12.1. The second kappa shape index (κ2) is 5.36. The van der Waals surface area contributed by atoms with Gasteiger partial charge in [0.2, 0.25) is 5.91 Å². The Morgan fingerprint density at radius 1 is 1.35 bits per heavy atom. The summed E-state index contributed by atoms with van der Waals surface area (Å²) in [5, 5.41) is 8.16. The van der Waals surface area contributed by atoms with Crippen LogP contribution in [0, 0.1) is 6.92 Å². The van der Waals surface area contributed by atoms with E-state index in [0.29, 0.717) is 5.82 Å². The fourth-order valence-corrected chi connectivity index (χ4v) is 2.78. The van der Waals surface area contributed by atoms with Crippen LogP contribution < -0.4 is 10.6 Å². The zero-order valence-electron chi connectivity index (χ0n) is 12.4. The molecule has 0 aliphatic heterocycles. The number of anilines is 1. The van der Waals surface area contributed by atoms with Crippen molar-refractivity contribution in [1.82, 2.24) is 15.3 Å². The number of hydrogen-bond acceptors (Lipinski definition) is 5. The Bertz CT molecular complexity index is 630. The number of fused-ring (bicyclic) bond motifs is 1. The summed E-state index contributed by atoms with van der Waals surface area (Å²) < 4.78 is 0.986. The summed E-state index contributed by atoms with van der Waals surface area (Å²) in [7, 11) is 0. The lowest BCUT2D eigenvalue weighted by Gasteiger charge is -2.23. The number of carbonyl (C=O) groups is 1. The van der Waals surface area contributed by atoms with E-state index in [1.54, 1.807) is 11.3 Å². The van der Waals surface area contributed by atoms with Gasteiger partial charge in [-0.1, -0.05) is 0 Å². The van der Waals surface area contributed by atoms with E-state index < -0.39 is 0 Å². The molecule has 20 heavy (non-hydrogen) atoms. The Morgan fingerprint density at radius 2 is 2.05 bits per heavy atom. The van der Waals surface area contributed by atoms with Gasteiger partial charge in [-0.25, -0.2) is 9.97 Å². The average molecular weight is 292 g/mol. The summed E-state index contributed by atoms with van der Waals surface area (Å²) in [5.74, 6) is 0.669. The van der Waals surface area contributed by atoms with Crippen LogP contribution in [-0.4, -0.2) is 27.5 Å². The Kier molecular flexibility index (Phi) is 3.94. The first-order valence-electron chi connectivity index (χ1n) is 6.55. The molecule has 5 nitrogen and oxygen atoms in total. The van der Waals surface area contributed by atoms with Crippen molar-refractivity contribution in [3.8, 4) is 0 Å². The van der Waals surface area contributed by atoms with Crippen LogP contribution in [0.25, 0.3) is 10.2 Å². The summed E-state index contributed by atoms with van der Waals surface area (Å²) in [6.45, 7) is 9.73. The van der Waals surface area contributed by atoms with Gasteiger partial charge < -0.3 is 10.6 Å². The van der Waals surface area contributed by atoms with Crippen LogP contribution >= 0.6 is 11.3 Å². The Balaban J connectivity index is 2.18. The predicted molar refractivity (Wildman–Crippen MR) is 83.1 cm³/mol. The summed E-state index contributed by atoms with van der Waals surface area (Å²) in [4.78, 5) is 20.6. The van der Waals surface area contributed by atoms with Gasteiger partial charge in [-0.2, -0.15) is 0 Å². The van der Waals surface area contributed by atoms with Gasteiger partial charge in [-0.15, -0.1) is 11.3 Å². The molecule has 0 aliphatic rings. The van der Waals surface area contributed by atoms with E-state index in [4.69, 9.17) is 0 Å². The molecule has 2 aromatic rings. The number of amides is 1. The van der Waals surface area contributed by atoms with Gasteiger partial charge in [0.05, 0.1) is 10.2 Å². The fourth-order valence-electron chi connectivity index (χ4n) is 1.82. The molecule has 2 N–H and O–H groups in total. The third kappa shape index (κ3) is 3.25. The molecular weight excluding hydrogens is 272 g/mol. The van der Waals surface area contributed by atoms with Gasteiger partial charge in [0, 0.05) is 5.54 Å². The molecule has 0 bridgehead atoms. The molecule has 0 radical (unpaired) electrons. The van der Waals surface area contributed by atoms with E-state index in [1.807, 2.05) is 40.0 Å². The van der Waals surface area contributed by atoms with Crippen molar-refractivity contribution < 1.29 is 4.79 Å². The van der Waals surface area contributed by atoms with Crippen LogP contribution in [0.15, 0.2) is 11.7 Å². The van der Waals surface area contributed by atoms with Crippen molar-refractivity contribution in [3.63, 3.8) is 0 Å². The zero-order valence-corrected chi connectivity index (χ0v) is 13.3. The second-order valence-corrected chi connectivity index (χ2v) is 6.80. The van der Waals surface area contributed by atoms with Crippen molar-refractivity contribution in [3.05, 3.63) is 17.3 Å². The first-order valence-corrected chi connectivity index (χ1v) is 7.43. The number of nitrogens with zero attached hydrogens (tertiary/aromatic N) is 2. The number of carbonyl (C=O) groups excluding carboxylic acids is 1. The number of hydrogen-bond donors (Lipinski definition) is 2. The monoisotopic (exact) mass is 292 g/mol. The van der Waals surface area contributed by atoms with Crippen LogP contribution in [0.2, 0.25) is 0 Å². The highest BCUT2D eigenvalue weighted by atomic mass is 32.1. The van der Waals surface area contributed by atoms with Crippen LogP contribution in [0.5, 0.6) is 0 Å². The Labute approximate surface area is 122 Å². The minimum Gasteiger partial charge on any atom is -0.357 e. The predicted octanol–water partition coefficient (Wildman–Crippen LogP) is 2.71. The van der Waals surface area contributed by atoms with E-state index in [2.05, 4.69) is 20.6 Å². The van der Waals surface area contributed by atoms with E-state index >= 15 is 0 Å². The van der Waals surface area contributed by atoms with E-state index in [0.717, 1.165) is 15.8 Å². The van der Waals surface area contributed by atoms with Crippen LogP contribution in [0.4, 0.5) is 5.82 Å². The van der Waals surface area contributed by atoms with Gasteiger partial charge in [0.25, 0.3) is 0 Å². The minimum atomic E-state index is -0.352. The topological polar surface area (TPSA) is 66.9 Å². The molecule has 0 aliphatic carbocycles. The smallest absolute Gasteiger partial charge is 0.242 e. The standard InChI is InChI=1S/C14H20N4OS/c1-8-6-20-11-10(8)15-7-16-12(11)17-9(2)13(19)18-14(3,4)5/h6-7,9H,1-5H3,(H,18,19)(H,15,16,17). The summed E-state index contributed by atoms with van der Waals surface area (Å²) in [6, 6.07) is -0.352. The summed E-state index contributed by atoms with van der Waals surface area (Å²) in [6.07, 6.45) is 1.53. The molecule has 0 aromatic carbocycles. The molecule has 108 valence electrons. The SMILES string of the molecule is Cc1csc2c(NC(C)C(=O)NC(C)(C)C)ncnc12. The molecule has 1 amide bonds. The largest absolute Gasteiger partial charge is 0.357 e. The molecule has 0 spiro atoms.